The molecule has 3 nitrogen and oxygen atoms in total. The smallest absolute Gasteiger partial charge is 0.164 e. The topological polar surface area (TPSA) is 30.5 Å². The predicted molar refractivity (Wildman–Crippen MR) is 66.7 cm³/mol. The molecule has 1 fully saturated rings. The fourth-order valence-electron chi connectivity index (χ4n) is 2.61. The molecule has 2 aliphatic heterocycles. The maximum atomic E-state index is 5.84. The number of hydrogen-bond donors (Lipinski definition) is 1. The zero-order valence-corrected chi connectivity index (χ0v) is 10.1. The number of para-hydroxylation sites is 1. The Hall–Kier alpha value is -1.22. The standard InChI is InChI=1S/C14H19NO2/c1-3-12(9-11-5-6-15-10-11)14-13(4-1)16-7-2-8-17-14/h1,3-4,11,15H,2,5-10H2. The Kier molecular flexibility index (Phi) is 3.18. The van der Waals surface area contributed by atoms with Crippen LogP contribution in [0.1, 0.15) is 18.4 Å². The molecule has 0 saturated carbocycles. The molecule has 1 aromatic rings. The minimum atomic E-state index is 0.744. The summed E-state index contributed by atoms with van der Waals surface area (Å²) in [5.74, 6) is 2.65. The molecule has 1 atom stereocenters. The lowest BCUT2D eigenvalue weighted by Gasteiger charge is -2.14. The molecule has 0 radical (unpaired) electrons. The van der Waals surface area contributed by atoms with Crippen LogP contribution >= 0.6 is 0 Å². The molecular formula is C14H19NO2. The van der Waals surface area contributed by atoms with Crippen molar-refractivity contribution < 1.29 is 9.47 Å². The van der Waals surface area contributed by atoms with Crippen LogP contribution in [-0.4, -0.2) is 26.3 Å². The minimum absolute atomic E-state index is 0.744. The SMILES string of the molecule is c1cc(CC2CCNC2)c2c(c1)OCCCO2. The second-order valence-corrected chi connectivity index (χ2v) is 4.86. The van der Waals surface area contributed by atoms with Gasteiger partial charge >= 0.3 is 0 Å². The van der Waals surface area contributed by atoms with Crippen LogP contribution in [0.5, 0.6) is 11.5 Å². The molecular weight excluding hydrogens is 214 g/mol. The lowest BCUT2D eigenvalue weighted by molar-refractivity contribution is 0.295. The molecule has 2 heterocycles. The summed E-state index contributed by atoms with van der Waals surface area (Å²) in [6.07, 6.45) is 3.34. The number of fused-ring (bicyclic) bond motifs is 1. The van der Waals surface area contributed by atoms with Crippen molar-refractivity contribution in [2.24, 2.45) is 5.92 Å². The van der Waals surface area contributed by atoms with E-state index in [0.717, 1.165) is 56.6 Å². The molecule has 92 valence electrons. The van der Waals surface area contributed by atoms with Crippen molar-refractivity contribution >= 4 is 0 Å². The summed E-state index contributed by atoms with van der Waals surface area (Å²) in [7, 11) is 0. The summed E-state index contributed by atoms with van der Waals surface area (Å²) in [6.45, 7) is 3.82. The van der Waals surface area contributed by atoms with E-state index < -0.39 is 0 Å². The summed E-state index contributed by atoms with van der Waals surface area (Å²) in [5, 5.41) is 3.41. The Morgan fingerprint density at radius 3 is 3.06 bits per heavy atom. The van der Waals surface area contributed by atoms with Crippen LogP contribution in [0.25, 0.3) is 0 Å². The molecule has 1 saturated heterocycles. The monoisotopic (exact) mass is 233 g/mol. The van der Waals surface area contributed by atoms with E-state index in [1.165, 1.54) is 12.0 Å². The summed E-state index contributed by atoms with van der Waals surface area (Å²) in [4.78, 5) is 0. The molecule has 0 aliphatic carbocycles. The second kappa shape index (κ2) is 4.96. The molecule has 0 aromatic heterocycles. The first-order chi connectivity index (χ1) is 8.43. The maximum Gasteiger partial charge on any atom is 0.164 e. The van der Waals surface area contributed by atoms with Gasteiger partial charge in [-0.1, -0.05) is 12.1 Å². The number of hydrogen-bond acceptors (Lipinski definition) is 3. The van der Waals surface area contributed by atoms with Crippen molar-refractivity contribution in [3.05, 3.63) is 23.8 Å². The average Bonchev–Trinajstić information content (AvgIpc) is 2.73. The highest BCUT2D eigenvalue weighted by atomic mass is 16.5. The van der Waals surface area contributed by atoms with E-state index in [4.69, 9.17) is 9.47 Å². The summed E-state index contributed by atoms with van der Waals surface area (Å²) in [6, 6.07) is 6.26. The zero-order chi connectivity index (χ0) is 11.5. The third-order valence-corrected chi connectivity index (χ3v) is 3.52. The average molecular weight is 233 g/mol. The van der Waals surface area contributed by atoms with Gasteiger partial charge < -0.3 is 14.8 Å². The van der Waals surface area contributed by atoms with Gasteiger partial charge in [0.2, 0.25) is 0 Å². The zero-order valence-electron chi connectivity index (χ0n) is 10.1. The maximum absolute atomic E-state index is 5.84. The van der Waals surface area contributed by atoms with Crippen molar-refractivity contribution in [3.63, 3.8) is 0 Å². The number of nitrogens with one attached hydrogen (secondary N) is 1. The summed E-state index contributed by atoms with van der Waals surface area (Å²) in [5.41, 5.74) is 1.30. The molecule has 1 unspecified atom stereocenters. The van der Waals surface area contributed by atoms with Gasteiger partial charge in [0.25, 0.3) is 0 Å². The molecule has 3 rings (SSSR count). The first kappa shape index (κ1) is 10.9. The Morgan fingerprint density at radius 1 is 1.24 bits per heavy atom. The second-order valence-electron chi connectivity index (χ2n) is 4.86. The van der Waals surface area contributed by atoms with Crippen molar-refractivity contribution in [3.8, 4) is 11.5 Å². The van der Waals surface area contributed by atoms with E-state index in [1.54, 1.807) is 0 Å². The number of benzene rings is 1. The van der Waals surface area contributed by atoms with Crippen LogP contribution in [0.2, 0.25) is 0 Å². The van der Waals surface area contributed by atoms with Gasteiger partial charge in [0.05, 0.1) is 13.2 Å². The van der Waals surface area contributed by atoms with Gasteiger partial charge in [-0.2, -0.15) is 0 Å². The first-order valence-electron chi connectivity index (χ1n) is 6.52. The Balaban J connectivity index is 1.82. The molecule has 2 aliphatic rings. The van der Waals surface area contributed by atoms with Gasteiger partial charge in [0, 0.05) is 6.42 Å². The van der Waals surface area contributed by atoms with E-state index in [9.17, 15) is 0 Å². The number of ether oxygens (including phenoxy) is 2. The molecule has 0 spiro atoms. The van der Waals surface area contributed by atoms with E-state index in [2.05, 4.69) is 17.4 Å². The van der Waals surface area contributed by atoms with Crippen LogP contribution in [0.3, 0.4) is 0 Å². The van der Waals surface area contributed by atoms with Crippen molar-refractivity contribution in [1.82, 2.24) is 5.32 Å². The van der Waals surface area contributed by atoms with Crippen LogP contribution in [0, 0.1) is 5.92 Å². The van der Waals surface area contributed by atoms with Gasteiger partial charge in [-0.25, -0.2) is 0 Å². The molecule has 0 amide bonds. The Morgan fingerprint density at radius 2 is 2.18 bits per heavy atom. The Labute approximate surface area is 102 Å². The minimum Gasteiger partial charge on any atom is -0.490 e. The predicted octanol–water partition coefficient (Wildman–Crippen LogP) is 2.00. The Bertz CT molecular complexity index is 386. The normalized spacial score (nSPS) is 23.4. The third-order valence-electron chi connectivity index (χ3n) is 3.52. The highest BCUT2D eigenvalue weighted by Crippen LogP contribution is 2.35. The highest BCUT2D eigenvalue weighted by molar-refractivity contribution is 5.47. The summed E-state index contributed by atoms with van der Waals surface area (Å²) < 4.78 is 11.6. The highest BCUT2D eigenvalue weighted by Gasteiger charge is 2.20. The third kappa shape index (κ3) is 2.39. The van der Waals surface area contributed by atoms with Gasteiger partial charge in [-0.15, -0.1) is 0 Å². The molecule has 0 bridgehead atoms. The largest absolute Gasteiger partial charge is 0.490 e. The lowest BCUT2D eigenvalue weighted by Crippen LogP contribution is -2.11. The van der Waals surface area contributed by atoms with E-state index in [0.29, 0.717) is 0 Å². The van der Waals surface area contributed by atoms with Crippen molar-refractivity contribution in [2.45, 2.75) is 19.3 Å². The van der Waals surface area contributed by atoms with E-state index in [1.807, 2.05) is 6.07 Å². The summed E-state index contributed by atoms with van der Waals surface area (Å²) >= 11 is 0. The molecule has 1 N–H and O–H groups in total. The number of rotatable bonds is 2. The van der Waals surface area contributed by atoms with Crippen LogP contribution in [0.15, 0.2) is 18.2 Å². The first-order valence-corrected chi connectivity index (χ1v) is 6.52. The van der Waals surface area contributed by atoms with E-state index >= 15 is 0 Å². The van der Waals surface area contributed by atoms with Gasteiger partial charge in [-0.3, -0.25) is 0 Å². The molecule has 3 heteroatoms. The van der Waals surface area contributed by atoms with Crippen molar-refractivity contribution in [2.75, 3.05) is 26.3 Å². The van der Waals surface area contributed by atoms with Gasteiger partial charge in [-0.05, 0) is 43.5 Å². The van der Waals surface area contributed by atoms with Crippen molar-refractivity contribution in [1.29, 1.82) is 0 Å². The van der Waals surface area contributed by atoms with Crippen LogP contribution in [-0.2, 0) is 6.42 Å². The van der Waals surface area contributed by atoms with Gasteiger partial charge in [0.15, 0.2) is 11.5 Å². The van der Waals surface area contributed by atoms with E-state index in [-0.39, 0.29) is 0 Å². The fourth-order valence-corrected chi connectivity index (χ4v) is 2.61. The van der Waals surface area contributed by atoms with Crippen LogP contribution < -0.4 is 14.8 Å². The van der Waals surface area contributed by atoms with Gasteiger partial charge in [0.1, 0.15) is 0 Å². The molecule has 17 heavy (non-hydrogen) atoms. The lowest BCUT2D eigenvalue weighted by atomic mass is 9.98. The molecule has 1 aromatic carbocycles. The quantitative estimate of drug-likeness (QED) is 0.847. The fraction of sp³-hybridized carbons (Fsp3) is 0.571. The van der Waals surface area contributed by atoms with Crippen LogP contribution in [0.4, 0.5) is 0 Å².